The molecule has 0 saturated heterocycles. The first-order valence-corrected chi connectivity index (χ1v) is 8.29. The van der Waals surface area contributed by atoms with E-state index < -0.39 is 0 Å². The topological polar surface area (TPSA) is 35.1 Å². The number of hydrogen-bond donors (Lipinski definition) is 0. The maximum absolute atomic E-state index is 12.3. The van der Waals surface area contributed by atoms with E-state index in [1.54, 1.807) is 10.8 Å². The van der Waals surface area contributed by atoms with Gasteiger partial charge in [-0.15, -0.1) is 4.57 Å². The highest BCUT2D eigenvalue weighted by Crippen LogP contribution is 2.35. The predicted octanol–water partition coefficient (Wildman–Crippen LogP) is 0.635. The molecule has 0 spiro atoms. The zero-order chi connectivity index (χ0) is 15.4. The monoisotopic (exact) mass is 328 g/mol. The Morgan fingerprint density at radius 1 is 1.41 bits per heavy atom. The standard InChI is InChI=1S/C17H29N2O2.ClH/c1-5-8-18-9-10-19(12-18)17(20)21-16-11-14(4)6-7-15(16)13(2)3;/h9-10,12-16H,5-8,11H2,1-4H3;1H/q+1;/p-1/t14-,15+,16-;/m1./s1. The first-order valence-electron chi connectivity index (χ1n) is 8.29. The summed E-state index contributed by atoms with van der Waals surface area (Å²) in [6, 6.07) is 0. The minimum absolute atomic E-state index is 0. The van der Waals surface area contributed by atoms with Crippen molar-refractivity contribution < 1.29 is 26.5 Å². The van der Waals surface area contributed by atoms with Crippen molar-refractivity contribution in [2.45, 2.75) is 66.0 Å². The Kier molecular flexibility index (Phi) is 7.40. The van der Waals surface area contributed by atoms with Gasteiger partial charge in [-0.2, -0.15) is 4.79 Å². The van der Waals surface area contributed by atoms with Crippen molar-refractivity contribution in [2.75, 3.05) is 0 Å². The van der Waals surface area contributed by atoms with E-state index in [9.17, 15) is 4.79 Å². The second-order valence-corrected chi connectivity index (χ2v) is 6.81. The van der Waals surface area contributed by atoms with Crippen LogP contribution in [0.4, 0.5) is 4.79 Å². The quantitative estimate of drug-likeness (QED) is 0.760. The second-order valence-electron chi connectivity index (χ2n) is 6.81. The van der Waals surface area contributed by atoms with Gasteiger partial charge in [0.2, 0.25) is 0 Å². The van der Waals surface area contributed by atoms with Gasteiger partial charge in [-0.25, -0.2) is 4.57 Å². The fourth-order valence-corrected chi connectivity index (χ4v) is 3.33. The molecule has 0 bridgehead atoms. The van der Waals surface area contributed by atoms with Gasteiger partial charge in [0.15, 0.2) is 0 Å². The van der Waals surface area contributed by atoms with Crippen LogP contribution in [-0.4, -0.2) is 16.8 Å². The lowest BCUT2D eigenvalue weighted by Gasteiger charge is -2.35. The van der Waals surface area contributed by atoms with Crippen LogP contribution in [-0.2, 0) is 11.3 Å². The molecule has 0 amide bonds. The van der Waals surface area contributed by atoms with Gasteiger partial charge in [-0.05, 0) is 37.0 Å². The highest BCUT2D eigenvalue weighted by Gasteiger charge is 2.34. The average molecular weight is 329 g/mol. The van der Waals surface area contributed by atoms with Crippen LogP contribution in [0.5, 0.6) is 0 Å². The molecular weight excluding hydrogens is 300 g/mol. The van der Waals surface area contributed by atoms with E-state index in [4.69, 9.17) is 4.74 Å². The van der Waals surface area contributed by atoms with Crippen LogP contribution < -0.4 is 17.0 Å². The Balaban J connectivity index is 0.00000242. The van der Waals surface area contributed by atoms with Gasteiger partial charge in [0.05, 0.1) is 6.54 Å². The van der Waals surface area contributed by atoms with Crippen LogP contribution in [0.15, 0.2) is 18.7 Å². The predicted molar refractivity (Wildman–Crippen MR) is 81.9 cm³/mol. The third-order valence-corrected chi connectivity index (χ3v) is 4.60. The van der Waals surface area contributed by atoms with Crippen molar-refractivity contribution in [3.8, 4) is 0 Å². The van der Waals surface area contributed by atoms with E-state index in [1.807, 2.05) is 17.1 Å². The Morgan fingerprint density at radius 2 is 2.14 bits per heavy atom. The molecule has 126 valence electrons. The van der Waals surface area contributed by atoms with E-state index in [-0.39, 0.29) is 24.6 Å². The number of nitrogens with zero attached hydrogens (tertiary/aromatic N) is 2. The van der Waals surface area contributed by atoms with Crippen molar-refractivity contribution in [1.82, 2.24) is 4.57 Å². The molecule has 1 aromatic rings. The van der Waals surface area contributed by atoms with Crippen molar-refractivity contribution in [1.29, 1.82) is 0 Å². The number of carbonyl (C=O) groups is 1. The van der Waals surface area contributed by atoms with Crippen LogP contribution in [0.25, 0.3) is 0 Å². The summed E-state index contributed by atoms with van der Waals surface area (Å²) in [5.41, 5.74) is 0. The number of aryl methyl sites for hydroxylation is 1. The molecule has 0 radical (unpaired) electrons. The first-order chi connectivity index (χ1) is 10.0. The minimum atomic E-state index is -0.241. The van der Waals surface area contributed by atoms with E-state index in [0.717, 1.165) is 25.8 Å². The number of ether oxygens (including phenoxy) is 1. The molecule has 0 aromatic carbocycles. The second kappa shape index (κ2) is 8.56. The Labute approximate surface area is 140 Å². The third kappa shape index (κ3) is 4.73. The van der Waals surface area contributed by atoms with Crippen molar-refractivity contribution in [3.05, 3.63) is 18.7 Å². The van der Waals surface area contributed by atoms with E-state index in [1.165, 1.54) is 6.42 Å². The van der Waals surface area contributed by atoms with Gasteiger partial charge >= 0.3 is 6.09 Å². The molecule has 5 heteroatoms. The van der Waals surface area contributed by atoms with Gasteiger partial charge in [-0.1, -0.05) is 34.1 Å². The summed E-state index contributed by atoms with van der Waals surface area (Å²) < 4.78 is 9.40. The lowest BCUT2D eigenvalue weighted by atomic mass is 9.75. The summed E-state index contributed by atoms with van der Waals surface area (Å²) >= 11 is 0. The van der Waals surface area contributed by atoms with Gasteiger partial charge in [0.1, 0.15) is 18.5 Å². The molecule has 1 aromatic heterocycles. The summed E-state index contributed by atoms with van der Waals surface area (Å²) in [5.74, 6) is 1.70. The lowest BCUT2D eigenvalue weighted by molar-refractivity contribution is -0.696. The highest BCUT2D eigenvalue weighted by atomic mass is 35.5. The summed E-state index contributed by atoms with van der Waals surface area (Å²) in [6.45, 7) is 9.76. The molecule has 3 atom stereocenters. The molecule has 2 rings (SSSR count). The van der Waals surface area contributed by atoms with E-state index >= 15 is 0 Å². The van der Waals surface area contributed by atoms with Gasteiger partial charge in [0.25, 0.3) is 6.33 Å². The van der Waals surface area contributed by atoms with Crippen LogP contribution in [0, 0.1) is 17.8 Å². The van der Waals surface area contributed by atoms with Gasteiger partial charge < -0.3 is 17.1 Å². The first kappa shape index (κ1) is 19.0. The van der Waals surface area contributed by atoms with Crippen molar-refractivity contribution >= 4 is 6.09 Å². The maximum atomic E-state index is 12.3. The number of aromatic nitrogens is 2. The SMILES string of the molecule is CCC[n+]1ccn(C(=O)O[C@@H]2C[C@H](C)CC[C@H]2C(C)C)c1.[Cl-]. The number of imidazole rings is 1. The fraction of sp³-hybridized carbons (Fsp3) is 0.765. The molecule has 22 heavy (non-hydrogen) atoms. The minimum Gasteiger partial charge on any atom is -1.00 e. The van der Waals surface area contributed by atoms with Gasteiger partial charge in [0, 0.05) is 0 Å². The fourth-order valence-electron chi connectivity index (χ4n) is 3.33. The van der Waals surface area contributed by atoms with Gasteiger partial charge in [-0.3, -0.25) is 0 Å². The van der Waals surface area contributed by atoms with Crippen LogP contribution in [0.1, 0.15) is 53.4 Å². The molecule has 1 heterocycles. The van der Waals surface area contributed by atoms with Crippen LogP contribution in [0.3, 0.4) is 0 Å². The number of halogens is 1. The molecular formula is C17H29ClN2O2. The summed E-state index contributed by atoms with van der Waals surface area (Å²) in [6.07, 6.45) is 9.81. The summed E-state index contributed by atoms with van der Waals surface area (Å²) in [5, 5.41) is 0. The smallest absolute Gasteiger partial charge is 0.511 e. The van der Waals surface area contributed by atoms with Crippen molar-refractivity contribution in [2.24, 2.45) is 17.8 Å². The Hall–Kier alpha value is -1.03. The normalized spacial score (nSPS) is 24.9. The van der Waals surface area contributed by atoms with E-state index in [2.05, 4.69) is 27.7 Å². The van der Waals surface area contributed by atoms with Crippen LogP contribution >= 0.6 is 0 Å². The molecule has 1 fully saturated rings. The Bertz CT molecular complexity index is 473. The summed E-state index contributed by atoms with van der Waals surface area (Å²) in [4.78, 5) is 12.3. The van der Waals surface area contributed by atoms with Crippen molar-refractivity contribution in [3.63, 3.8) is 0 Å². The molecule has 0 unspecified atom stereocenters. The zero-order valence-corrected chi connectivity index (χ0v) is 14.9. The largest absolute Gasteiger partial charge is 1.00 e. The number of carbonyl (C=O) groups excluding carboxylic acids is 1. The van der Waals surface area contributed by atoms with Crippen LogP contribution in [0.2, 0.25) is 0 Å². The van der Waals surface area contributed by atoms with E-state index in [0.29, 0.717) is 17.8 Å². The number of hydrogen-bond acceptors (Lipinski definition) is 2. The molecule has 1 aliphatic carbocycles. The third-order valence-electron chi connectivity index (χ3n) is 4.60. The molecule has 0 N–H and O–H groups in total. The lowest BCUT2D eigenvalue weighted by Crippen LogP contribution is -3.00. The summed E-state index contributed by atoms with van der Waals surface area (Å²) in [7, 11) is 0. The Morgan fingerprint density at radius 3 is 2.77 bits per heavy atom. The maximum Gasteiger partial charge on any atom is 0.511 e. The molecule has 1 saturated carbocycles. The average Bonchev–Trinajstić information content (AvgIpc) is 2.87. The molecule has 1 aliphatic rings. The number of rotatable bonds is 4. The highest BCUT2D eigenvalue weighted by molar-refractivity contribution is 5.70. The zero-order valence-electron chi connectivity index (χ0n) is 14.2. The molecule has 4 nitrogen and oxygen atoms in total. The molecule has 0 aliphatic heterocycles.